The first-order valence-corrected chi connectivity index (χ1v) is 9.54. The van der Waals surface area contributed by atoms with E-state index < -0.39 is 32.6 Å². The van der Waals surface area contributed by atoms with Crippen LogP contribution in [0.15, 0.2) is 28.0 Å². The first-order chi connectivity index (χ1) is 11.6. The Kier molecular flexibility index (Phi) is 5.83. The molecule has 1 aromatic rings. The molecule has 1 aliphatic heterocycles. The van der Waals surface area contributed by atoms with Gasteiger partial charge in [0.2, 0.25) is 0 Å². The summed E-state index contributed by atoms with van der Waals surface area (Å²) in [5, 5.41) is 18.1. The van der Waals surface area contributed by atoms with Crippen molar-refractivity contribution in [1.29, 1.82) is 0 Å². The summed E-state index contributed by atoms with van der Waals surface area (Å²) in [6.07, 6.45) is 1.54. The van der Waals surface area contributed by atoms with Gasteiger partial charge in [-0.1, -0.05) is 30.0 Å². The van der Waals surface area contributed by atoms with Gasteiger partial charge in [0, 0.05) is 13.0 Å². The van der Waals surface area contributed by atoms with Crippen molar-refractivity contribution in [2.24, 2.45) is 0 Å². The first kappa shape index (κ1) is 19.4. The number of aliphatic carboxylic acids is 1. The van der Waals surface area contributed by atoms with Crippen LogP contribution < -0.4 is 0 Å². The second-order valence-electron chi connectivity index (χ2n) is 5.03. The maximum absolute atomic E-state index is 12.3. The lowest BCUT2D eigenvalue weighted by Gasteiger charge is -2.13. The number of thiocarbonyl (C=S) groups is 1. The number of aromatic hydroxyl groups is 1. The number of phenols is 1. The molecule has 0 radical (unpaired) electrons. The van der Waals surface area contributed by atoms with Crippen LogP contribution in [0.3, 0.4) is 0 Å². The zero-order chi connectivity index (χ0) is 18.8. The van der Waals surface area contributed by atoms with Crippen LogP contribution >= 0.6 is 24.0 Å². The molecule has 3 N–H and O–H groups in total. The van der Waals surface area contributed by atoms with Crippen molar-refractivity contribution in [3.8, 4) is 5.75 Å². The van der Waals surface area contributed by atoms with Gasteiger partial charge in [-0.2, -0.15) is 8.42 Å². The maximum atomic E-state index is 12.3. The summed E-state index contributed by atoms with van der Waals surface area (Å²) in [5.74, 6) is -1.99. The molecular formula is C14H13NO7S3. The zero-order valence-electron chi connectivity index (χ0n) is 12.6. The molecule has 1 amide bonds. The van der Waals surface area contributed by atoms with Gasteiger partial charge in [-0.05, 0) is 30.2 Å². The summed E-state index contributed by atoms with van der Waals surface area (Å²) in [6.45, 7) is 0.167. The van der Waals surface area contributed by atoms with Crippen LogP contribution in [-0.4, -0.2) is 50.8 Å². The first-order valence-electron chi connectivity index (χ1n) is 6.87. The van der Waals surface area contributed by atoms with Gasteiger partial charge in [-0.25, -0.2) is 0 Å². The molecule has 0 atom stereocenters. The summed E-state index contributed by atoms with van der Waals surface area (Å²) >= 11 is 6.10. The average Bonchev–Trinajstić information content (AvgIpc) is 2.75. The molecule has 0 aliphatic carbocycles. The Hall–Kier alpha value is -1.95. The number of carbonyl (C=O) groups is 2. The quantitative estimate of drug-likeness (QED) is 0.369. The smallest absolute Gasteiger partial charge is 0.303 e. The minimum atomic E-state index is -4.61. The molecule has 11 heteroatoms. The summed E-state index contributed by atoms with van der Waals surface area (Å²) in [5.41, 5.74) is 0.275. The van der Waals surface area contributed by atoms with Crippen molar-refractivity contribution in [2.45, 2.75) is 17.7 Å². The molecule has 0 bridgehead atoms. The number of benzene rings is 1. The number of hydrogen-bond donors (Lipinski definition) is 3. The number of nitrogens with zero attached hydrogens (tertiary/aromatic N) is 1. The minimum Gasteiger partial charge on any atom is -0.506 e. The number of thioether (sulfide) groups is 1. The highest BCUT2D eigenvalue weighted by Crippen LogP contribution is 2.33. The van der Waals surface area contributed by atoms with Crippen molar-refractivity contribution in [3.63, 3.8) is 0 Å². The van der Waals surface area contributed by atoms with E-state index in [0.717, 1.165) is 23.9 Å². The monoisotopic (exact) mass is 403 g/mol. The molecule has 0 aromatic heterocycles. The summed E-state index contributed by atoms with van der Waals surface area (Å²) in [4.78, 5) is 23.7. The lowest BCUT2D eigenvalue weighted by atomic mass is 10.2. The van der Waals surface area contributed by atoms with Crippen LogP contribution in [0.4, 0.5) is 0 Å². The fourth-order valence-electron chi connectivity index (χ4n) is 2.06. The molecule has 0 unspecified atom stereocenters. The van der Waals surface area contributed by atoms with Gasteiger partial charge < -0.3 is 10.2 Å². The van der Waals surface area contributed by atoms with Crippen LogP contribution in [0.5, 0.6) is 5.75 Å². The normalized spacial score (nSPS) is 16.7. The van der Waals surface area contributed by atoms with E-state index in [-0.39, 0.29) is 34.2 Å². The van der Waals surface area contributed by atoms with E-state index in [4.69, 9.17) is 21.9 Å². The van der Waals surface area contributed by atoms with Gasteiger partial charge in [0.25, 0.3) is 16.0 Å². The van der Waals surface area contributed by atoms with Crippen molar-refractivity contribution >= 4 is 56.4 Å². The SMILES string of the molecule is O=C(O)CCCN1C(=O)C(=Cc2ccc(O)c(S(=O)(=O)O)c2)SC1=S. The Labute approximate surface area is 152 Å². The maximum Gasteiger partial charge on any atom is 0.303 e. The summed E-state index contributed by atoms with van der Waals surface area (Å²) in [7, 11) is -4.61. The topological polar surface area (TPSA) is 132 Å². The zero-order valence-corrected chi connectivity index (χ0v) is 15.0. The molecule has 8 nitrogen and oxygen atoms in total. The van der Waals surface area contributed by atoms with E-state index in [1.165, 1.54) is 17.0 Å². The number of rotatable bonds is 6. The molecule has 1 aromatic carbocycles. The van der Waals surface area contributed by atoms with Crippen molar-refractivity contribution < 1.29 is 32.8 Å². The Balaban J connectivity index is 2.23. The Morgan fingerprint density at radius 2 is 2.04 bits per heavy atom. The lowest BCUT2D eigenvalue weighted by molar-refractivity contribution is -0.137. The summed E-state index contributed by atoms with van der Waals surface area (Å²) < 4.78 is 31.8. The largest absolute Gasteiger partial charge is 0.506 e. The van der Waals surface area contributed by atoms with E-state index >= 15 is 0 Å². The number of amides is 1. The predicted molar refractivity (Wildman–Crippen MR) is 94.7 cm³/mol. The number of phenolic OH excluding ortho intramolecular Hbond substituents is 1. The Morgan fingerprint density at radius 1 is 1.36 bits per heavy atom. The van der Waals surface area contributed by atoms with Gasteiger partial charge in [0.05, 0.1) is 4.91 Å². The fourth-order valence-corrected chi connectivity index (χ4v) is 3.99. The van der Waals surface area contributed by atoms with Gasteiger partial charge in [-0.3, -0.25) is 19.0 Å². The standard InChI is InChI=1S/C14H13NO7S3/c16-9-4-3-8(7-11(9)25(20,21)22)6-10-13(19)15(14(23)24-10)5-1-2-12(17)18/h3-4,6-7,16H,1-2,5H2,(H,17,18)(H,20,21,22). The molecule has 25 heavy (non-hydrogen) atoms. The van der Waals surface area contributed by atoms with Crippen LogP contribution in [0.1, 0.15) is 18.4 Å². The molecule has 1 heterocycles. The molecule has 1 aliphatic rings. The third-order valence-electron chi connectivity index (χ3n) is 3.21. The average molecular weight is 403 g/mol. The van der Waals surface area contributed by atoms with Crippen molar-refractivity contribution in [1.82, 2.24) is 4.90 Å². The van der Waals surface area contributed by atoms with Gasteiger partial charge >= 0.3 is 5.97 Å². The Morgan fingerprint density at radius 3 is 2.64 bits per heavy atom. The van der Waals surface area contributed by atoms with Crippen molar-refractivity contribution in [2.75, 3.05) is 6.54 Å². The van der Waals surface area contributed by atoms with E-state index in [0.29, 0.717) is 0 Å². The highest BCUT2D eigenvalue weighted by atomic mass is 32.2. The van der Waals surface area contributed by atoms with Crippen LogP contribution in [-0.2, 0) is 19.7 Å². The molecule has 0 saturated carbocycles. The molecule has 0 spiro atoms. The number of carboxylic acid groups (broad SMARTS) is 1. The van der Waals surface area contributed by atoms with Gasteiger partial charge in [0.1, 0.15) is 15.0 Å². The van der Waals surface area contributed by atoms with Crippen LogP contribution in [0.25, 0.3) is 6.08 Å². The summed E-state index contributed by atoms with van der Waals surface area (Å²) in [6, 6.07) is 3.49. The van der Waals surface area contributed by atoms with E-state index in [9.17, 15) is 23.1 Å². The molecule has 2 rings (SSSR count). The highest BCUT2D eigenvalue weighted by Gasteiger charge is 2.31. The second kappa shape index (κ2) is 7.52. The van der Waals surface area contributed by atoms with E-state index in [2.05, 4.69) is 0 Å². The lowest BCUT2D eigenvalue weighted by Crippen LogP contribution is -2.29. The van der Waals surface area contributed by atoms with Crippen LogP contribution in [0, 0.1) is 0 Å². The molecule has 1 saturated heterocycles. The highest BCUT2D eigenvalue weighted by molar-refractivity contribution is 8.26. The Bertz CT molecular complexity index is 876. The van der Waals surface area contributed by atoms with E-state index in [1.807, 2.05) is 0 Å². The van der Waals surface area contributed by atoms with Gasteiger partial charge in [0.15, 0.2) is 0 Å². The predicted octanol–water partition coefficient (Wildman–Crippen LogP) is 1.70. The fraction of sp³-hybridized carbons (Fsp3) is 0.214. The van der Waals surface area contributed by atoms with Gasteiger partial charge in [-0.15, -0.1) is 0 Å². The second-order valence-corrected chi connectivity index (χ2v) is 8.10. The number of hydrogen-bond acceptors (Lipinski definition) is 7. The minimum absolute atomic E-state index is 0.0915. The molecule has 1 fully saturated rings. The number of carboxylic acids is 1. The third kappa shape index (κ3) is 4.78. The molecular weight excluding hydrogens is 390 g/mol. The van der Waals surface area contributed by atoms with Crippen molar-refractivity contribution in [3.05, 3.63) is 28.7 Å². The van der Waals surface area contributed by atoms with E-state index in [1.54, 1.807) is 0 Å². The van der Waals surface area contributed by atoms with Crippen LogP contribution in [0.2, 0.25) is 0 Å². The molecule has 134 valence electrons. The number of carbonyl (C=O) groups excluding carboxylic acids is 1. The third-order valence-corrected chi connectivity index (χ3v) is 5.47.